The van der Waals surface area contributed by atoms with E-state index >= 15 is 0 Å². The Bertz CT molecular complexity index is 2790. The molecule has 4 bridgehead atoms. The fourth-order valence-electron chi connectivity index (χ4n) is 11.6. The summed E-state index contributed by atoms with van der Waals surface area (Å²) in [6.07, 6.45) is 3.54. The highest BCUT2D eigenvalue weighted by Crippen LogP contribution is 2.56. The van der Waals surface area contributed by atoms with Gasteiger partial charge in [0.05, 0.1) is 70.2 Å². The van der Waals surface area contributed by atoms with Gasteiger partial charge in [0.25, 0.3) is 0 Å². The molecular formula is C64H89NO25. The fourth-order valence-corrected chi connectivity index (χ4v) is 11.6. The van der Waals surface area contributed by atoms with Crippen molar-refractivity contribution in [3.63, 3.8) is 0 Å². The number of carbonyl (C=O) groups excluding carboxylic acids is 15. The second-order valence-corrected chi connectivity index (χ2v) is 28.0. The zero-order valence-corrected chi connectivity index (χ0v) is 54.3. The number of esters is 14. The molecule has 500 valence electrons. The molecule has 90 heavy (non-hydrogen) atoms. The highest BCUT2D eigenvalue weighted by Gasteiger charge is 2.66. The molecule has 0 radical (unpaired) electrons. The van der Waals surface area contributed by atoms with E-state index in [0.29, 0.717) is 51.4 Å². The standard InChI is InChI=1S/C15H21NO4.C14H18O6.C14H20O5.C11H16O5.C10H14O5/c1-4-15(2,3)14(19)16-9-6-7-5-8(9)11-10(7)12(17)20-13(11)18;1-4-14(2,3)13(17)19-7-5-6-8-9(10(7)18-6)12(16)20-11(8)15;1-4-14(2,3)13(17)18-8-5-6-9-10(7-8)12(16)19-11(9)15;1-4-11(2,3)10(14)15-7-5-6-8(12)16-9(7)13;1-4-10(2,3)9(13)14-6-5-7(11)15-8(6)12/h7-11H,4-6H2,1-3H3,(H,16,19);6-10H,4-5H2,1-3H3;8-10H,4-7H2,1-3H3;7H,4-6H2,1-3H3;6H,4-5H2,1-3H3. The number of nitrogens with one attached hydrogen (secondary N) is 1. The van der Waals surface area contributed by atoms with Crippen LogP contribution in [0.3, 0.4) is 0 Å². The van der Waals surface area contributed by atoms with Crippen LogP contribution in [0.15, 0.2) is 0 Å². The molecule has 10 aliphatic rings. The third kappa shape index (κ3) is 16.0. The molecule has 1 N–H and O–H groups in total. The summed E-state index contributed by atoms with van der Waals surface area (Å²) in [6.45, 7) is 27.6. The molecule has 3 saturated carbocycles. The predicted molar refractivity (Wildman–Crippen MR) is 305 cm³/mol. The molecule has 0 aromatic rings. The van der Waals surface area contributed by atoms with Crippen LogP contribution >= 0.6 is 0 Å². The summed E-state index contributed by atoms with van der Waals surface area (Å²) >= 11 is 0. The molecule has 26 nitrogen and oxygen atoms in total. The van der Waals surface area contributed by atoms with E-state index in [2.05, 4.69) is 24.3 Å². The molecule has 0 aromatic carbocycles. The lowest BCUT2D eigenvalue weighted by Gasteiger charge is -2.31. The number of rotatable bonds is 15. The van der Waals surface area contributed by atoms with E-state index in [0.717, 1.165) is 19.3 Å². The molecule has 7 saturated heterocycles. The van der Waals surface area contributed by atoms with Gasteiger partial charge in [0.2, 0.25) is 12.0 Å². The fraction of sp³-hybridized carbons (Fsp3) is 0.766. The minimum Gasteiger partial charge on any atom is -0.462 e. The van der Waals surface area contributed by atoms with Crippen molar-refractivity contribution < 1.29 is 119 Å². The predicted octanol–water partition coefficient (Wildman–Crippen LogP) is 5.92. The summed E-state index contributed by atoms with van der Waals surface area (Å²) in [5.41, 5.74) is -2.74. The molecule has 3 aliphatic carbocycles. The van der Waals surface area contributed by atoms with Gasteiger partial charge < -0.3 is 52.7 Å². The van der Waals surface area contributed by atoms with Gasteiger partial charge >= 0.3 is 83.6 Å². The van der Waals surface area contributed by atoms with Crippen LogP contribution in [0.4, 0.5) is 0 Å². The lowest BCUT2D eigenvalue weighted by Crippen LogP contribution is -2.48. The number of hydrogen-bond donors (Lipinski definition) is 1. The van der Waals surface area contributed by atoms with Crippen molar-refractivity contribution in [2.45, 2.75) is 236 Å². The quantitative estimate of drug-likeness (QED) is 0.113. The van der Waals surface area contributed by atoms with Gasteiger partial charge in [-0.15, -0.1) is 0 Å². The smallest absolute Gasteiger partial charge is 0.355 e. The Labute approximate surface area is 523 Å². The zero-order valence-electron chi connectivity index (χ0n) is 54.3. The first-order valence-electron chi connectivity index (χ1n) is 31.3. The Balaban J connectivity index is 0.000000180. The van der Waals surface area contributed by atoms with Crippen molar-refractivity contribution in [3.8, 4) is 0 Å². The van der Waals surface area contributed by atoms with Crippen LogP contribution in [0, 0.1) is 74.4 Å². The van der Waals surface area contributed by atoms with Crippen molar-refractivity contribution in [3.05, 3.63) is 0 Å². The summed E-state index contributed by atoms with van der Waals surface area (Å²) in [6, 6.07) is 0.0121. The first-order valence-corrected chi connectivity index (χ1v) is 31.3. The molecular weight excluding hydrogens is 1180 g/mol. The largest absolute Gasteiger partial charge is 0.462 e. The molecule has 7 heterocycles. The molecule has 10 rings (SSSR count). The average molecular weight is 1270 g/mol. The maximum absolute atomic E-state index is 12.3. The van der Waals surface area contributed by atoms with Crippen molar-refractivity contribution in [1.82, 2.24) is 5.32 Å². The van der Waals surface area contributed by atoms with Crippen molar-refractivity contribution >= 4 is 89.5 Å². The van der Waals surface area contributed by atoms with Crippen LogP contribution in [0.25, 0.3) is 0 Å². The maximum atomic E-state index is 12.3. The Morgan fingerprint density at radius 3 is 1.41 bits per heavy atom. The normalized spacial score (nSPS) is 31.2. The van der Waals surface area contributed by atoms with Crippen LogP contribution in [-0.2, 0) is 119 Å². The number of ether oxygens (including phenoxy) is 10. The second-order valence-electron chi connectivity index (χ2n) is 28.0. The van der Waals surface area contributed by atoms with Crippen molar-refractivity contribution in [2.24, 2.45) is 74.4 Å². The third-order valence-corrected chi connectivity index (χ3v) is 19.9. The van der Waals surface area contributed by atoms with E-state index in [9.17, 15) is 71.9 Å². The topological polar surface area (TPSA) is 360 Å². The van der Waals surface area contributed by atoms with Crippen LogP contribution in [-0.4, -0.2) is 132 Å². The number of fused-ring (bicyclic) bond motifs is 11. The first-order chi connectivity index (χ1) is 41.8. The van der Waals surface area contributed by atoms with E-state index in [1.165, 1.54) is 0 Å². The molecule has 7 aliphatic heterocycles. The van der Waals surface area contributed by atoms with Crippen LogP contribution in [0.2, 0.25) is 0 Å². The van der Waals surface area contributed by atoms with E-state index in [4.69, 9.17) is 28.4 Å². The first kappa shape index (κ1) is 72.1. The Kier molecular flexibility index (Phi) is 22.6. The average Bonchev–Trinajstić information content (AvgIpc) is 1.61. The molecule has 15 atom stereocenters. The minimum absolute atomic E-state index is 0.0121. The number of carbonyl (C=O) groups is 15. The SMILES string of the molecule is CCC(C)(C)C(=O)NC1CC2CC1C1C(=O)OC(=O)C21.CCC(C)(C)C(=O)OC1CC(=O)OC1=O.CCC(C)(C)C(=O)OC1CC2OC1C1C(=O)OC(=O)C21.CCC(C)(C)C(=O)OC1CCC(=O)OC1=O.CCC(C)(C)C(=O)OC1CCC2C(=O)OC(=O)C2C1. The van der Waals surface area contributed by atoms with Gasteiger partial charge in [-0.1, -0.05) is 48.5 Å². The monoisotopic (exact) mass is 1270 g/mol. The Morgan fingerprint density at radius 1 is 0.433 bits per heavy atom. The van der Waals surface area contributed by atoms with E-state index in [1.54, 1.807) is 27.7 Å². The summed E-state index contributed by atoms with van der Waals surface area (Å²) in [5.74, 6) is -9.06. The lowest BCUT2D eigenvalue weighted by atomic mass is 9.78. The highest BCUT2D eigenvalue weighted by molar-refractivity contribution is 6.00. The molecule has 0 spiro atoms. The number of hydrogen-bond acceptors (Lipinski definition) is 25. The van der Waals surface area contributed by atoms with E-state index in [-0.39, 0.29) is 96.9 Å². The highest BCUT2D eigenvalue weighted by atomic mass is 16.6. The van der Waals surface area contributed by atoms with Crippen LogP contribution in [0.5, 0.6) is 0 Å². The number of cyclic esters (lactones) is 10. The summed E-state index contributed by atoms with van der Waals surface area (Å²) in [7, 11) is 0. The van der Waals surface area contributed by atoms with Gasteiger partial charge in [-0.25, -0.2) is 9.59 Å². The van der Waals surface area contributed by atoms with Gasteiger partial charge in [-0.3, -0.25) is 62.3 Å². The second kappa shape index (κ2) is 28.3. The van der Waals surface area contributed by atoms with Gasteiger partial charge in [0, 0.05) is 24.3 Å². The summed E-state index contributed by atoms with van der Waals surface area (Å²) < 4.78 is 49.3. The molecule has 1 amide bonds. The third-order valence-electron chi connectivity index (χ3n) is 19.9. The van der Waals surface area contributed by atoms with Gasteiger partial charge in [-0.2, -0.15) is 0 Å². The molecule has 10 fully saturated rings. The minimum atomic E-state index is -1.06. The zero-order chi connectivity index (χ0) is 67.5. The van der Waals surface area contributed by atoms with Crippen LogP contribution in [0.1, 0.15) is 194 Å². The van der Waals surface area contributed by atoms with Gasteiger partial charge in [0.1, 0.15) is 24.2 Å². The summed E-state index contributed by atoms with van der Waals surface area (Å²) in [5, 5.41) is 3.09. The van der Waals surface area contributed by atoms with Gasteiger partial charge in [-0.05, 0) is 131 Å². The molecule has 15 unspecified atom stereocenters. The van der Waals surface area contributed by atoms with E-state index < -0.39 is 129 Å². The van der Waals surface area contributed by atoms with E-state index in [1.807, 2.05) is 76.2 Å². The summed E-state index contributed by atoms with van der Waals surface area (Å²) in [4.78, 5) is 173. The van der Waals surface area contributed by atoms with Crippen molar-refractivity contribution in [2.75, 3.05) is 0 Å². The Morgan fingerprint density at radius 2 is 0.889 bits per heavy atom. The molecule has 0 aromatic heterocycles. The van der Waals surface area contributed by atoms with Crippen LogP contribution < -0.4 is 5.32 Å². The Hall–Kier alpha value is -6.99. The number of amides is 1. The molecule has 26 heteroatoms. The maximum Gasteiger partial charge on any atom is 0.355 e. The van der Waals surface area contributed by atoms with Crippen molar-refractivity contribution in [1.29, 1.82) is 0 Å². The lowest BCUT2D eigenvalue weighted by molar-refractivity contribution is -0.183. The van der Waals surface area contributed by atoms with Gasteiger partial charge in [0.15, 0.2) is 6.10 Å².